The van der Waals surface area contributed by atoms with Crippen LogP contribution in [0.3, 0.4) is 0 Å². The fraction of sp³-hybridized carbons (Fsp3) is 0.524. The molecule has 1 aliphatic carbocycles. The molecule has 2 aliphatic rings. The quantitative estimate of drug-likeness (QED) is 0.714. The molecule has 152 valence electrons. The van der Waals surface area contributed by atoms with E-state index in [1.165, 1.54) is 0 Å². The van der Waals surface area contributed by atoms with Crippen LogP contribution in [0.2, 0.25) is 0 Å². The third-order valence-corrected chi connectivity index (χ3v) is 6.31. The molecule has 2 fully saturated rings. The first kappa shape index (κ1) is 18.3. The summed E-state index contributed by atoms with van der Waals surface area (Å²) in [6.45, 7) is 2.78. The van der Waals surface area contributed by atoms with E-state index >= 15 is 0 Å². The van der Waals surface area contributed by atoms with E-state index in [-0.39, 0.29) is 11.8 Å². The van der Waals surface area contributed by atoms with E-state index in [2.05, 4.69) is 31.7 Å². The summed E-state index contributed by atoms with van der Waals surface area (Å²) in [4.78, 5) is 14.9. The number of aromatic nitrogens is 4. The van der Waals surface area contributed by atoms with Gasteiger partial charge in [-0.05, 0) is 47.6 Å². The number of hydrogen-bond acceptors (Lipinski definition) is 6. The van der Waals surface area contributed by atoms with Gasteiger partial charge in [-0.2, -0.15) is 5.10 Å². The average molecular weight is 394 g/mol. The molecule has 0 spiro atoms. The fourth-order valence-electron chi connectivity index (χ4n) is 4.67. The van der Waals surface area contributed by atoms with Crippen LogP contribution in [0.5, 0.6) is 0 Å². The molecule has 29 heavy (non-hydrogen) atoms. The highest BCUT2D eigenvalue weighted by Gasteiger charge is 2.26. The van der Waals surface area contributed by atoms with Crippen molar-refractivity contribution in [2.24, 2.45) is 5.92 Å². The molecule has 1 saturated heterocycles. The van der Waals surface area contributed by atoms with Crippen LogP contribution in [-0.4, -0.2) is 44.0 Å². The number of hydrogen-bond donors (Lipinski definition) is 1. The summed E-state index contributed by atoms with van der Waals surface area (Å²) in [6.07, 6.45) is 8.12. The Morgan fingerprint density at radius 1 is 1.10 bits per heavy atom. The third kappa shape index (κ3) is 3.76. The molecular weight excluding hydrogens is 368 g/mol. The van der Waals surface area contributed by atoms with Crippen molar-refractivity contribution in [3.63, 3.8) is 0 Å². The Bertz CT molecular complexity index is 982. The van der Waals surface area contributed by atoms with Crippen LogP contribution >= 0.6 is 0 Å². The fourth-order valence-corrected chi connectivity index (χ4v) is 4.67. The van der Waals surface area contributed by atoms with Crippen LogP contribution in [0.4, 0.5) is 5.82 Å². The predicted octanol–water partition coefficient (Wildman–Crippen LogP) is 3.39. The Morgan fingerprint density at radius 2 is 1.93 bits per heavy atom. The Kier molecular flexibility index (Phi) is 5.01. The molecule has 1 aromatic carbocycles. The first-order valence-corrected chi connectivity index (χ1v) is 10.5. The molecule has 0 radical (unpaired) electrons. The van der Waals surface area contributed by atoms with Gasteiger partial charge in [0, 0.05) is 31.6 Å². The van der Waals surface area contributed by atoms with Crippen molar-refractivity contribution in [1.29, 1.82) is 0 Å². The molecule has 8 nitrogen and oxygen atoms in total. The van der Waals surface area contributed by atoms with Crippen molar-refractivity contribution in [2.75, 3.05) is 18.4 Å². The summed E-state index contributed by atoms with van der Waals surface area (Å²) in [5.74, 6) is 1.14. The molecule has 1 N–H and O–H groups in total. The van der Waals surface area contributed by atoms with Gasteiger partial charge in [0.1, 0.15) is 16.9 Å². The smallest absolute Gasteiger partial charge is 0.228 e. The van der Waals surface area contributed by atoms with E-state index in [9.17, 15) is 4.79 Å². The molecule has 1 saturated carbocycles. The Hall–Kier alpha value is -2.74. The van der Waals surface area contributed by atoms with Crippen molar-refractivity contribution in [2.45, 2.75) is 51.1 Å². The van der Waals surface area contributed by atoms with Crippen LogP contribution in [0.25, 0.3) is 11.0 Å². The number of piperidine rings is 1. The van der Waals surface area contributed by atoms with Crippen LogP contribution in [0, 0.1) is 5.92 Å². The number of benzene rings is 1. The van der Waals surface area contributed by atoms with Crippen LogP contribution < -0.4 is 5.32 Å². The molecule has 1 amide bonds. The Morgan fingerprint density at radius 3 is 2.76 bits per heavy atom. The second kappa shape index (κ2) is 7.94. The SMILES string of the molecule is O=C(Nc1ccnn1C1CCN(Cc2cccc3nonc23)CC1)C1CCCC1. The van der Waals surface area contributed by atoms with Crippen molar-refractivity contribution in [3.05, 3.63) is 36.0 Å². The molecule has 0 unspecified atom stereocenters. The standard InChI is InChI=1S/C21H26N6O2/c28-21(15-4-1-2-5-15)23-19-8-11-22-27(19)17-9-12-26(13-10-17)14-16-6-3-7-18-20(16)25-29-24-18/h3,6-8,11,15,17H,1-2,4-5,9-10,12-14H2,(H,23,28). The van der Waals surface area contributed by atoms with Crippen molar-refractivity contribution in [1.82, 2.24) is 25.0 Å². The lowest BCUT2D eigenvalue weighted by Gasteiger charge is -2.32. The maximum Gasteiger partial charge on any atom is 0.228 e. The number of carbonyl (C=O) groups excluding carboxylic acids is 1. The second-order valence-corrected chi connectivity index (χ2v) is 8.19. The maximum absolute atomic E-state index is 12.5. The zero-order chi connectivity index (χ0) is 19.6. The van der Waals surface area contributed by atoms with Gasteiger partial charge >= 0.3 is 0 Å². The predicted molar refractivity (Wildman–Crippen MR) is 108 cm³/mol. The van der Waals surface area contributed by atoms with E-state index in [0.717, 1.165) is 80.6 Å². The number of likely N-dealkylation sites (tertiary alicyclic amines) is 1. The number of nitrogens with one attached hydrogen (secondary N) is 1. The minimum atomic E-state index is 0.149. The van der Waals surface area contributed by atoms with Gasteiger partial charge in [0.2, 0.25) is 5.91 Å². The van der Waals surface area contributed by atoms with Crippen LogP contribution in [0.15, 0.2) is 35.1 Å². The summed E-state index contributed by atoms with van der Waals surface area (Å²) in [7, 11) is 0. The molecule has 5 rings (SSSR count). The molecule has 2 aromatic heterocycles. The van der Waals surface area contributed by atoms with Gasteiger partial charge in [0.15, 0.2) is 0 Å². The van der Waals surface area contributed by atoms with E-state index < -0.39 is 0 Å². The number of fused-ring (bicyclic) bond motifs is 1. The zero-order valence-corrected chi connectivity index (χ0v) is 16.5. The molecule has 3 aromatic rings. The number of amides is 1. The van der Waals surface area contributed by atoms with Crippen LogP contribution in [-0.2, 0) is 11.3 Å². The monoisotopic (exact) mass is 394 g/mol. The summed E-state index contributed by atoms with van der Waals surface area (Å²) in [6, 6.07) is 8.23. The molecule has 3 heterocycles. The van der Waals surface area contributed by atoms with Gasteiger partial charge < -0.3 is 5.32 Å². The summed E-state index contributed by atoms with van der Waals surface area (Å²) in [5.41, 5.74) is 2.79. The van der Waals surface area contributed by atoms with Gasteiger partial charge in [0.25, 0.3) is 0 Å². The Labute approximate surface area is 169 Å². The topological polar surface area (TPSA) is 89.1 Å². The minimum Gasteiger partial charge on any atom is -0.311 e. The average Bonchev–Trinajstić information content (AvgIpc) is 3.50. The lowest BCUT2D eigenvalue weighted by Crippen LogP contribution is -2.35. The lowest BCUT2D eigenvalue weighted by atomic mass is 10.0. The molecular formula is C21H26N6O2. The second-order valence-electron chi connectivity index (χ2n) is 8.19. The highest BCUT2D eigenvalue weighted by Crippen LogP contribution is 2.29. The van der Waals surface area contributed by atoms with Crippen molar-refractivity contribution < 1.29 is 9.42 Å². The molecule has 1 aliphatic heterocycles. The van der Waals surface area contributed by atoms with Gasteiger partial charge in [-0.15, -0.1) is 0 Å². The highest BCUT2D eigenvalue weighted by atomic mass is 16.6. The van der Waals surface area contributed by atoms with Crippen molar-refractivity contribution in [3.8, 4) is 0 Å². The molecule has 8 heteroatoms. The van der Waals surface area contributed by atoms with E-state index in [4.69, 9.17) is 4.63 Å². The van der Waals surface area contributed by atoms with Gasteiger partial charge in [-0.3, -0.25) is 9.69 Å². The largest absolute Gasteiger partial charge is 0.311 e. The van der Waals surface area contributed by atoms with E-state index in [1.807, 2.05) is 22.9 Å². The van der Waals surface area contributed by atoms with E-state index in [0.29, 0.717) is 6.04 Å². The number of nitrogens with zero attached hydrogens (tertiary/aromatic N) is 5. The van der Waals surface area contributed by atoms with E-state index in [1.54, 1.807) is 6.20 Å². The summed E-state index contributed by atoms with van der Waals surface area (Å²) < 4.78 is 6.88. The number of rotatable bonds is 5. The lowest BCUT2D eigenvalue weighted by molar-refractivity contribution is -0.119. The first-order valence-electron chi connectivity index (χ1n) is 10.5. The van der Waals surface area contributed by atoms with Crippen molar-refractivity contribution >= 4 is 22.8 Å². The highest BCUT2D eigenvalue weighted by molar-refractivity contribution is 5.91. The van der Waals surface area contributed by atoms with Gasteiger partial charge in [-0.1, -0.05) is 25.0 Å². The molecule has 0 atom stereocenters. The van der Waals surface area contributed by atoms with Crippen LogP contribution in [0.1, 0.15) is 50.1 Å². The summed E-state index contributed by atoms with van der Waals surface area (Å²) >= 11 is 0. The number of anilines is 1. The molecule has 0 bridgehead atoms. The number of carbonyl (C=O) groups is 1. The van der Waals surface area contributed by atoms with Gasteiger partial charge in [0.05, 0.1) is 12.2 Å². The summed E-state index contributed by atoms with van der Waals surface area (Å²) in [5, 5.41) is 15.6. The normalized spacial score (nSPS) is 19.2. The first-order chi connectivity index (χ1) is 14.3. The Balaban J connectivity index is 1.21. The van der Waals surface area contributed by atoms with Gasteiger partial charge in [-0.25, -0.2) is 9.31 Å². The maximum atomic E-state index is 12.5. The minimum absolute atomic E-state index is 0.149. The zero-order valence-electron chi connectivity index (χ0n) is 16.5. The third-order valence-electron chi connectivity index (χ3n) is 6.31.